The molecule has 3 rings (SSSR count). The lowest BCUT2D eigenvalue weighted by molar-refractivity contribution is -0.116. The zero-order valence-corrected chi connectivity index (χ0v) is 17.9. The minimum Gasteiger partial charge on any atom is -0.377 e. The molecule has 1 heterocycles. The monoisotopic (exact) mass is 413 g/mol. The number of likely N-dealkylation sites (tertiary alicyclic amines) is 1. The minimum absolute atomic E-state index is 0.00202. The summed E-state index contributed by atoms with van der Waals surface area (Å²) in [5.74, 6) is 0.333. The topological polar surface area (TPSA) is 52.7 Å². The highest BCUT2D eigenvalue weighted by Gasteiger charge is 2.25. The van der Waals surface area contributed by atoms with E-state index in [9.17, 15) is 9.59 Å². The number of hydrogen-bond acceptors (Lipinski definition) is 3. The third-order valence-electron chi connectivity index (χ3n) is 5.37. The summed E-state index contributed by atoms with van der Waals surface area (Å²) in [7, 11) is 3.82. The van der Waals surface area contributed by atoms with Crippen LogP contribution >= 0.6 is 11.6 Å². The van der Waals surface area contributed by atoms with Gasteiger partial charge in [-0.25, -0.2) is 0 Å². The number of anilines is 2. The van der Waals surface area contributed by atoms with Crippen molar-refractivity contribution in [1.29, 1.82) is 0 Å². The molecule has 29 heavy (non-hydrogen) atoms. The molecule has 1 aliphatic heterocycles. The van der Waals surface area contributed by atoms with Crippen molar-refractivity contribution in [2.45, 2.75) is 25.1 Å². The average Bonchev–Trinajstić information content (AvgIpc) is 2.73. The number of rotatable bonds is 5. The molecule has 1 atom stereocenters. The van der Waals surface area contributed by atoms with Crippen molar-refractivity contribution in [2.75, 3.05) is 37.4 Å². The molecule has 1 fully saturated rings. The van der Waals surface area contributed by atoms with Gasteiger partial charge in [0.25, 0.3) is 5.91 Å². The zero-order chi connectivity index (χ0) is 21.0. The maximum atomic E-state index is 13.2. The summed E-state index contributed by atoms with van der Waals surface area (Å²) in [5, 5.41) is 2.05. The highest BCUT2D eigenvalue weighted by molar-refractivity contribution is 6.32. The molecular formula is C23H28ClN3O2. The van der Waals surface area contributed by atoms with Crippen molar-refractivity contribution >= 4 is 34.8 Å². The number of halogens is 1. The van der Waals surface area contributed by atoms with Gasteiger partial charge in [-0.2, -0.15) is 0 Å². The summed E-state index contributed by atoms with van der Waals surface area (Å²) in [5.41, 5.74) is 2.72. The summed E-state index contributed by atoms with van der Waals surface area (Å²) >= 11 is 6.33. The molecule has 1 aliphatic rings. The molecule has 0 saturated carbocycles. The zero-order valence-electron chi connectivity index (χ0n) is 17.2. The fourth-order valence-electron chi connectivity index (χ4n) is 3.54. The predicted molar refractivity (Wildman–Crippen MR) is 119 cm³/mol. The number of piperidine rings is 1. The lowest BCUT2D eigenvalue weighted by atomic mass is 9.98. The summed E-state index contributed by atoms with van der Waals surface area (Å²) in [6.45, 7) is 3.75. The van der Waals surface area contributed by atoms with Gasteiger partial charge in [0.15, 0.2) is 0 Å². The van der Waals surface area contributed by atoms with Gasteiger partial charge in [-0.15, -0.1) is 11.6 Å². The third kappa shape index (κ3) is 5.10. The van der Waals surface area contributed by atoms with Crippen molar-refractivity contribution in [3.8, 4) is 0 Å². The Balaban J connectivity index is 1.81. The van der Waals surface area contributed by atoms with Crippen molar-refractivity contribution in [2.24, 2.45) is 5.92 Å². The normalized spacial score (nSPS) is 15.7. The van der Waals surface area contributed by atoms with Crippen LogP contribution in [0, 0.1) is 5.92 Å². The second-order valence-electron chi connectivity index (χ2n) is 7.86. The Morgan fingerprint density at radius 2 is 1.76 bits per heavy atom. The summed E-state index contributed by atoms with van der Waals surface area (Å²) in [4.78, 5) is 29.6. The number of benzene rings is 2. The molecule has 154 valence electrons. The van der Waals surface area contributed by atoms with E-state index in [1.165, 1.54) is 0 Å². The van der Waals surface area contributed by atoms with Gasteiger partial charge in [-0.1, -0.05) is 37.3 Å². The number of carbonyl (C=O) groups is 2. The van der Waals surface area contributed by atoms with Crippen molar-refractivity contribution in [3.05, 3.63) is 59.7 Å². The van der Waals surface area contributed by atoms with Gasteiger partial charge < -0.3 is 15.1 Å². The molecule has 2 amide bonds. The fourth-order valence-corrected chi connectivity index (χ4v) is 3.74. The van der Waals surface area contributed by atoms with Crippen molar-refractivity contribution < 1.29 is 9.59 Å². The van der Waals surface area contributed by atoms with Crippen LogP contribution < -0.4 is 10.2 Å². The smallest absolute Gasteiger partial charge is 0.256 e. The number of nitrogens with zero attached hydrogens (tertiary/aromatic N) is 2. The fraction of sp³-hybridized carbons (Fsp3) is 0.391. The average molecular weight is 414 g/mol. The molecule has 1 N–H and O–H groups in total. The van der Waals surface area contributed by atoms with E-state index >= 15 is 0 Å². The second kappa shape index (κ2) is 9.31. The molecule has 0 bridgehead atoms. The quantitative estimate of drug-likeness (QED) is 0.732. The molecule has 5 nitrogen and oxygen atoms in total. The van der Waals surface area contributed by atoms with E-state index < -0.39 is 5.38 Å². The first kappa shape index (κ1) is 21.2. The van der Waals surface area contributed by atoms with Crippen LogP contribution in [0.1, 0.15) is 41.1 Å². The molecule has 2 aromatic rings. The van der Waals surface area contributed by atoms with Crippen LogP contribution in [0.2, 0.25) is 0 Å². The Kier molecular flexibility index (Phi) is 6.80. The molecule has 0 aliphatic carbocycles. The Hall–Kier alpha value is -2.53. The van der Waals surface area contributed by atoms with Crippen molar-refractivity contribution in [1.82, 2.24) is 4.90 Å². The maximum absolute atomic E-state index is 13.2. The SMILES string of the molecule is CC1CCN(C(=O)c2cc(NC(=O)[C@@H](Cl)c3ccccc3)ccc2N(C)C)CC1. The largest absolute Gasteiger partial charge is 0.377 e. The Labute approximate surface area is 177 Å². The van der Waals surface area contributed by atoms with E-state index in [2.05, 4.69) is 12.2 Å². The van der Waals surface area contributed by atoms with Gasteiger partial charge in [0.1, 0.15) is 5.38 Å². The third-order valence-corrected chi connectivity index (χ3v) is 5.82. The Morgan fingerprint density at radius 1 is 1.10 bits per heavy atom. The van der Waals surface area contributed by atoms with Gasteiger partial charge in [-0.3, -0.25) is 9.59 Å². The van der Waals surface area contributed by atoms with E-state index in [1.807, 2.05) is 60.3 Å². The molecule has 6 heteroatoms. The van der Waals surface area contributed by atoms with Crippen LogP contribution in [0.15, 0.2) is 48.5 Å². The van der Waals surface area contributed by atoms with Gasteiger partial charge in [-0.05, 0) is 42.5 Å². The first-order chi connectivity index (χ1) is 13.9. The standard InChI is InChI=1S/C23H28ClN3O2/c1-16-11-13-27(14-12-16)23(29)19-15-18(9-10-20(19)26(2)3)25-22(28)21(24)17-7-5-4-6-8-17/h4-10,15-16,21H,11-14H2,1-3H3,(H,25,28)/t21-/m0/s1. The van der Waals surface area contributed by atoms with Crippen molar-refractivity contribution in [3.63, 3.8) is 0 Å². The lowest BCUT2D eigenvalue weighted by Gasteiger charge is -2.31. The number of hydrogen-bond donors (Lipinski definition) is 1. The van der Waals surface area contributed by atoms with Crippen LogP contribution in [0.5, 0.6) is 0 Å². The van der Waals surface area contributed by atoms with E-state index in [4.69, 9.17) is 11.6 Å². The molecule has 0 spiro atoms. The van der Waals surface area contributed by atoms with Gasteiger partial charge in [0.05, 0.1) is 5.56 Å². The molecule has 2 aromatic carbocycles. The Morgan fingerprint density at radius 3 is 2.38 bits per heavy atom. The molecule has 1 saturated heterocycles. The number of carbonyl (C=O) groups excluding carboxylic acids is 2. The Bertz CT molecular complexity index is 862. The predicted octanol–water partition coefficient (Wildman–Crippen LogP) is 4.54. The van der Waals surface area contributed by atoms with Gasteiger partial charge in [0.2, 0.25) is 5.91 Å². The van der Waals surface area contributed by atoms with Crippen LogP contribution in [-0.4, -0.2) is 43.9 Å². The highest BCUT2D eigenvalue weighted by atomic mass is 35.5. The summed E-state index contributed by atoms with van der Waals surface area (Å²) in [6.07, 6.45) is 2.04. The van der Waals surface area contributed by atoms with E-state index in [0.29, 0.717) is 17.2 Å². The summed E-state index contributed by atoms with van der Waals surface area (Å²) in [6, 6.07) is 14.6. The van der Waals surface area contributed by atoms with E-state index in [1.54, 1.807) is 12.1 Å². The van der Waals surface area contributed by atoms with E-state index in [0.717, 1.165) is 37.2 Å². The van der Waals surface area contributed by atoms with E-state index in [-0.39, 0.29) is 11.8 Å². The number of alkyl halides is 1. The van der Waals surface area contributed by atoms with Crippen LogP contribution in [-0.2, 0) is 4.79 Å². The van der Waals surface area contributed by atoms with Crippen LogP contribution in [0.4, 0.5) is 11.4 Å². The highest BCUT2D eigenvalue weighted by Crippen LogP contribution is 2.28. The second-order valence-corrected chi connectivity index (χ2v) is 8.30. The van der Waals surface area contributed by atoms with Gasteiger partial charge >= 0.3 is 0 Å². The van der Waals surface area contributed by atoms with Crippen LogP contribution in [0.3, 0.4) is 0 Å². The molecule has 0 unspecified atom stereocenters. The molecule has 0 aromatic heterocycles. The molecule has 0 radical (unpaired) electrons. The molecular weight excluding hydrogens is 386 g/mol. The first-order valence-electron chi connectivity index (χ1n) is 9.97. The maximum Gasteiger partial charge on any atom is 0.256 e. The minimum atomic E-state index is -0.799. The lowest BCUT2D eigenvalue weighted by Crippen LogP contribution is -2.38. The number of nitrogens with one attached hydrogen (secondary N) is 1. The van der Waals surface area contributed by atoms with Crippen LogP contribution in [0.25, 0.3) is 0 Å². The summed E-state index contributed by atoms with van der Waals surface area (Å²) < 4.78 is 0. The van der Waals surface area contributed by atoms with Gasteiger partial charge in [0, 0.05) is 38.6 Å². The first-order valence-corrected chi connectivity index (χ1v) is 10.4. The number of amides is 2.